The molecule has 7 aliphatic rings. The van der Waals surface area contributed by atoms with Gasteiger partial charge in [-0.05, 0) is 151 Å². The quantitative estimate of drug-likeness (QED) is 0.0367. The summed E-state index contributed by atoms with van der Waals surface area (Å²) in [5, 5.41) is 29.7. The number of esters is 1. The van der Waals surface area contributed by atoms with Gasteiger partial charge in [0.15, 0.2) is 24.4 Å². The molecule has 7 aliphatic heterocycles. The minimum atomic E-state index is -1.04. The van der Waals surface area contributed by atoms with Crippen LogP contribution < -0.4 is 14.2 Å². The number of ether oxygens (including phenoxy) is 12. The van der Waals surface area contributed by atoms with Crippen LogP contribution >= 0.6 is 0 Å². The summed E-state index contributed by atoms with van der Waals surface area (Å²) >= 11 is 0. The molecule has 4 fully saturated rings. The third-order valence-electron chi connectivity index (χ3n) is 25.0. The maximum atomic E-state index is 14.3. The Morgan fingerprint density at radius 1 is 0.328 bits per heavy atom. The summed E-state index contributed by atoms with van der Waals surface area (Å²) in [5.41, 5.74) is 14.3. The van der Waals surface area contributed by atoms with E-state index in [0.717, 1.165) is 115 Å². The first-order valence-corrected chi connectivity index (χ1v) is 46.1. The zero-order valence-corrected chi connectivity index (χ0v) is 75.8. The van der Waals surface area contributed by atoms with E-state index in [-0.39, 0.29) is 88.6 Å². The molecular formula is C109H123N3O22. The molecule has 0 aromatic heterocycles. The average molecular weight is 1830 g/mol. The van der Waals surface area contributed by atoms with Gasteiger partial charge in [0.05, 0.1) is 31.0 Å². The minimum absolute atomic E-state index is 0. The molecule has 0 spiro atoms. The number of fused-ring (bicyclic) bond motifs is 3. The third-order valence-corrected chi connectivity index (χ3v) is 25.0. The summed E-state index contributed by atoms with van der Waals surface area (Å²) in [5.74, 6) is -2.21. The van der Waals surface area contributed by atoms with Crippen molar-refractivity contribution in [2.24, 2.45) is 0 Å². The van der Waals surface area contributed by atoms with Crippen molar-refractivity contribution in [2.75, 3.05) is 59.5 Å². The van der Waals surface area contributed by atoms with E-state index < -0.39 is 66.4 Å². The molecule has 7 atom stereocenters. The number of rotatable bonds is 29. The predicted molar refractivity (Wildman–Crippen MR) is 503 cm³/mol. The second-order valence-electron chi connectivity index (χ2n) is 34.1. The maximum Gasteiger partial charge on any atom is 0.337 e. The molecule has 5 unspecified atom stereocenters. The van der Waals surface area contributed by atoms with Gasteiger partial charge in [-0.2, -0.15) is 0 Å². The molecule has 706 valence electrons. The van der Waals surface area contributed by atoms with Crippen molar-refractivity contribution in [3.8, 4) is 17.2 Å². The first-order valence-electron chi connectivity index (χ1n) is 46.1. The Morgan fingerprint density at radius 3 is 0.821 bits per heavy atom. The largest absolute Gasteiger partial charge is 0.488 e. The predicted octanol–water partition coefficient (Wildman–Crippen LogP) is 17.7. The molecule has 4 saturated heterocycles. The third kappa shape index (κ3) is 26.4. The van der Waals surface area contributed by atoms with Crippen molar-refractivity contribution >= 4 is 41.6 Å². The van der Waals surface area contributed by atoms with Gasteiger partial charge in [-0.1, -0.05) is 256 Å². The Morgan fingerprint density at radius 2 is 0.567 bits per heavy atom. The van der Waals surface area contributed by atoms with Gasteiger partial charge in [-0.25, -0.2) is 19.2 Å². The van der Waals surface area contributed by atoms with Crippen LogP contribution in [-0.2, 0) is 135 Å². The second-order valence-corrected chi connectivity index (χ2v) is 34.1. The minimum Gasteiger partial charge on any atom is -0.488 e. The average Bonchev–Trinajstić information content (AvgIpc) is 0.772. The van der Waals surface area contributed by atoms with Crippen LogP contribution in [0.4, 0.5) is 0 Å². The van der Waals surface area contributed by atoms with E-state index in [9.17, 15) is 48.9 Å². The van der Waals surface area contributed by atoms with Gasteiger partial charge >= 0.3 is 23.9 Å². The Bertz CT molecular complexity index is 5250. The molecule has 3 amide bonds. The normalized spacial score (nSPS) is 18.2. The zero-order chi connectivity index (χ0) is 93.0. The van der Waals surface area contributed by atoms with Crippen LogP contribution in [0.3, 0.4) is 0 Å². The van der Waals surface area contributed by atoms with Crippen molar-refractivity contribution in [1.29, 1.82) is 0 Å². The van der Waals surface area contributed by atoms with E-state index in [1.165, 1.54) is 9.80 Å². The van der Waals surface area contributed by atoms with Gasteiger partial charge in [0.25, 0.3) is 17.7 Å². The number of carbonyl (C=O) groups is 7. The van der Waals surface area contributed by atoms with Crippen LogP contribution in [0.5, 0.6) is 17.2 Å². The number of benzene rings is 10. The standard InChI is InChI=1S/C33H37NO6.2C31H33NO6.C13H16O4.CH4/c1-3-38-33(36)29-20-28-26(15-14-23(2)30(28)39-22-24-10-6-4-7-11-24)21-34(29)32(35)31(25-12-8-5-9-13-25)40-27-16-18-37-19-17-27;2*1-21-12-13-24-19-32(27(31(34)35)18-26(24)28(21)37-20-22-8-4-2-5-9-22)30(33)29(23-10-6-3-7-11-23)38-25-14-16-36-17-15-25;14-13(15)12(10-4-2-1-3-5-10)17-11-6-8-16-9-7-11;/h4-15,27,29,31H,3,16-22H2,1-2H3;2*2-13,25,27,29H,14-20H2,1H3,(H,34,35);1-5,11-12H,6-9H2,(H,14,15);1H4/t;2*27?,29-;;/m.10../s1. The number of hydrogen-bond acceptors (Lipinski definition) is 19. The molecular weight excluding hydrogens is 1700 g/mol. The van der Waals surface area contributed by atoms with E-state index in [2.05, 4.69) is 0 Å². The molecule has 134 heavy (non-hydrogen) atoms. The number of nitrogens with zero attached hydrogens (tertiary/aromatic N) is 3. The molecule has 10 aromatic carbocycles. The molecule has 3 N–H and O–H groups in total. The fourth-order valence-corrected chi connectivity index (χ4v) is 17.7. The monoisotopic (exact) mass is 1830 g/mol. The first-order chi connectivity index (χ1) is 64.8. The lowest BCUT2D eigenvalue weighted by molar-refractivity contribution is -0.165. The van der Waals surface area contributed by atoms with Gasteiger partial charge in [-0.3, -0.25) is 14.4 Å². The molecule has 7 heterocycles. The summed E-state index contributed by atoms with van der Waals surface area (Å²) in [6.07, 6.45) is 2.55. The Labute approximate surface area is 784 Å². The van der Waals surface area contributed by atoms with Crippen LogP contribution in [0.25, 0.3) is 0 Å². The van der Waals surface area contributed by atoms with Crippen LogP contribution in [-0.4, -0.2) is 174 Å². The van der Waals surface area contributed by atoms with Gasteiger partial charge in [0, 0.05) is 108 Å². The number of aryl methyl sites for hydroxylation is 3. The van der Waals surface area contributed by atoms with Crippen molar-refractivity contribution in [2.45, 2.75) is 212 Å². The highest BCUT2D eigenvalue weighted by Crippen LogP contribution is 2.42. The number of aliphatic carboxylic acids is 3. The molecule has 10 aromatic rings. The van der Waals surface area contributed by atoms with Gasteiger partial charge in [-0.15, -0.1) is 0 Å². The number of carboxylic acids is 3. The fourth-order valence-electron chi connectivity index (χ4n) is 17.7. The van der Waals surface area contributed by atoms with Crippen molar-refractivity contribution in [3.05, 3.63) is 338 Å². The molecule has 0 radical (unpaired) electrons. The van der Waals surface area contributed by atoms with Gasteiger partial charge < -0.3 is 86.9 Å². The Balaban J connectivity index is 0.000000156. The number of hydrogen-bond donors (Lipinski definition) is 3. The van der Waals surface area contributed by atoms with Gasteiger partial charge in [0.2, 0.25) is 0 Å². The lowest BCUT2D eigenvalue weighted by atomic mass is 9.90. The topological polar surface area (TPSA) is 301 Å². The van der Waals surface area contributed by atoms with E-state index in [1.54, 1.807) is 24.0 Å². The lowest BCUT2D eigenvalue weighted by Gasteiger charge is -2.39. The van der Waals surface area contributed by atoms with Gasteiger partial charge in [0.1, 0.15) is 55.2 Å². The van der Waals surface area contributed by atoms with E-state index in [0.29, 0.717) is 122 Å². The van der Waals surface area contributed by atoms with E-state index >= 15 is 0 Å². The number of carboxylic acid groups (broad SMARTS) is 3. The lowest BCUT2D eigenvalue weighted by Crippen LogP contribution is -2.51. The Kier molecular flexibility index (Phi) is 36.6. The molecule has 0 aliphatic carbocycles. The summed E-state index contributed by atoms with van der Waals surface area (Å²) < 4.78 is 70.7. The van der Waals surface area contributed by atoms with Crippen molar-refractivity contribution in [3.63, 3.8) is 0 Å². The zero-order valence-electron chi connectivity index (χ0n) is 75.8. The van der Waals surface area contributed by atoms with Crippen LogP contribution in [0.15, 0.2) is 249 Å². The summed E-state index contributed by atoms with van der Waals surface area (Å²) in [6, 6.07) is 76.0. The van der Waals surface area contributed by atoms with Crippen LogP contribution in [0, 0.1) is 20.8 Å². The number of amides is 3. The highest BCUT2D eigenvalue weighted by Gasteiger charge is 2.45. The van der Waals surface area contributed by atoms with Crippen LogP contribution in [0.1, 0.15) is 179 Å². The smallest absolute Gasteiger partial charge is 0.337 e. The Hall–Kier alpha value is -12.4. The first kappa shape index (κ1) is 99.1. The number of carbonyl (C=O) groups excluding carboxylic acids is 4. The highest BCUT2D eigenvalue weighted by molar-refractivity contribution is 5.91. The molecule has 0 bridgehead atoms. The van der Waals surface area contributed by atoms with E-state index in [1.807, 2.05) is 257 Å². The van der Waals surface area contributed by atoms with E-state index in [4.69, 9.17) is 56.8 Å². The summed E-state index contributed by atoms with van der Waals surface area (Å²) in [4.78, 5) is 96.5. The summed E-state index contributed by atoms with van der Waals surface area (Å²) in [6.45, 7) is 14.6. The molecule has 17 rings (SSSR count). The molecule has 25 heteroatoms. The molecule has 0 saturated carbocycles. The SMILES string of the molecule is C.CCOC(=O)C1Cc2c(ccc(C)c2OCc2ccccc2)CN1C(=O)C(OC1CCOCC1)c1ccccc1.Cc1ccc2c(c1OCc1ccccc1)CC(C(=O)O)N(C(=O)[C@@H](OC1CCOCC1)c1ccccc1)C2.Cc1ccc2c(c1OCc1ccccc1)CC(C(=O)O)N(C(=O)[C@H](OC1CCOCC1)c1ccccc1)C2.O=C(O)C(OC1CCOCC1)c1ccccc1. The summed E-state index contributed by atoms with van der Waals surface area (Å²) in [7, 11) is 0. The highest BCUT2D eigenvalue weighted by atomic mass is 16.6. The molecule has 25 nitrogen and oxygen atoms in total. The fraction of sp³-hybridized carbons (Fsp3) is 0.385. The maximum absolute atomic E-state index is 14.3. The van der Waals surface area contributed by atoms with Crippen molar-refractivity contribution in [1.82, 2.24) is 14.7 Å². The second kappa shape index (κ2) is 49.5. The van der Waals surface area contributed by atoms with Crippen molar-refractivity contribution < 1.29 is 106 Å². The van der Waals surface area contributed by atoms with Crippen LogP contribution in [0.2, 0.25) is 0 Å².